The Morgan fingerprint density at radius 3 is 1.73 bits per heavy atom. The van der Waals surface area contributed by atoms with Crippen LogP contribution in [0.15, 0.2) is 217 Å². The van der Waals surface area contributed by atoms with Crippen LogP contribution in [0.3, 0.4) is 0 Å². The van der Waals surface area contributed by atoms with Crippen LogP contribution in [0.1, 0.15) is 77.6 Å². The zero-order valence-electron chi connectivity index (χ0n) is 36.3. The molecule has 1 aromatic heterocycles. The van der Waals surface area contributed by atoms with Crippen LogP contribution in [0.2, 0.25) is 0 Å². The van der Waals surface area contributed by atoms with Crippen molar-refractivity contribution in [3.63, 3.8) is 0 Å². The van der Waals surface area contributed by atoms with Crippen molar-refractivity contribution in [1.29, 1.82) is 0 Å². The topological polar surface area (TPSA) is 8.17 Å². The summed E-state index contributed by atoms with van der Waals surface area (Å²) in [4.78, 5) is 2.48. The Kier molecular flexibility index (Phi) is 7.37. The summed E-state index contributed by atoms with van der Waals surface area (Å²) in [5, 5.41) is 1.36. The molecule has 0 radical (unpaired) electrons. The van der Waals surface area contributed by atoms with E-state index >= 15 is 0 Å². The lowest BCUT2D eigenvalue weighted by Crippen LogP contribution is -2.36. The van der Waals surface area contributed by atoms with Gasteiger partial charge in [-0.25, -0.2) is 0 Å². The molecule has 5 aliphatic rings. The quantitative estimate of drug-likeness (QED) is 0.158. The normalized spacial score (nSPS) is 20.4. The fraction of sp³-hybridized carbons (Fsp3) is 0.129. The summed E-state index contributed by atoms with van der Waals surface area (Å²) in [6, 6.07) is 76.0. The number of nitrogens with zero attached hydrogens (tertiary/aromatic N) is 2. The molecule has 0 fully saturated rings. The molecule has 2 heterocycles. The van der Waals surface area contributed by atoms with Gasteiger partial charge in [0.2, 0.25) is 0 Å². The van der Waals surface area contributed by atoms with Gasteiger partial charge in [-0.2, -0.15) is 0 Å². The third kappa shape index (κ3) is 4.50. The van der Waals surface area contributed by atoms with E-state index in [1.54, 1.807) is 16.7 Å². The highest BCUT2D eigenvalue weighted by Gasteiger charge is 2.59. The van der Waals surface area contributed by atoms with Gasteiger partial charge in [-0.1, -0.05) is 178 Å². The molecule has 8 aromatic carbocycles. The molecule has 2 heteroatoms. The van der Waals surface area contributed by atoms with Gasteiger partial charge in [-0.05, 0) is 121 Å². The fourth-order valence-electron chi connectivity index (χ4n) is 13.7. The van der Waals surface area contributed by atoms with Crippen LogP contribution >= 0.6 is 0 Å². The van der Waals surface area contributed by atoms with Crippen LogP contribution in [0.5, 0.6) is 0 Å². The van der Waals surface area contributed by atoms with Crippen LogP contribution in [-0.4, -0.2) is 4.57 Å². The Morgan fingerprint density at radius 1 is 0.422 bits per heavy atom. The van der Waals surface area contributed by atoms with Crippen molar-refractivity contribution in [3.8, 4) is 27.9 Å². The van der Waals surface area contributed by atoms with Crippen molar-refractivity contribution in [3.05, 3.63) is 256 Å². The maximum Gasteiger partial charge on any atom is 0.0691 e. The summed E-state index contributed by atoms with van der Waals surface area (Å²) in [5.74, 6) is 0.606. The van der Waals surface area contributed by atoms with E-state index in [-0.39, 0.29) is 23.7 Å². The number of hydrogen-bond acceptors (Lipinski definition) is 1. The van der Waals surface area contributed by atoms with E-state index in [0.29, 0.717) is 0 Å². The van der Waals surface area contributed by atoms with Gasteiger partial charge in [0.25, 0.3) is 0 Å². The van der Waals surface area contributed by atoms with Crippen LogP contribution in [0, 0.1) is 5.92 Å². The summed E-state index contributed by atoms with van der Waals surface area (Å²) < 4.78 is 2.63. The lowest BCUT2D eigenvalue weighted by molar-refractivity contribution is 0.556. The molecular formula is C62H46N2. The van der Waals surface area contributed by atoms with E-state index in [2.05, 4.69) is 230 Å². The van der Waals surface area contributed by atoms with Gasteiger partial charge in [0.05, 0.1) is 10.9 Å². The lowest BCUT2D eigenvalue weighted by Gasteiger charge is -2.47. The van der Waals surface area contributed by atoms with Crippen LogP contribution < -0.4 is 4.90 Å². The van der Waals surface area contributed by atoms with Crippen molar-refractivity contribution < 1.29 is 0 Å². The molecule has 4 aliphatic carbocycles. The molecule has 64 heavy (non-hydrogen) atoms. The van der Waals surface area contributed by atoms with E-state index in [0.717, 1.165) is 17.1 Å². The van der Waals surface area contributed by atoms with Crippen molar-refractivity contribution in [2.75, 3.05) is 4.90 Å². The highest BCUT2D eigenvalue weighted by molar-refractivity contribution is 5.99. The number of para-hydroxylation sites is 1. The van der Waals surface area contributed by atoms with Crippen molar-refractivity contribution >= 4 is 33.5 Å². The smallest absolute Gasteiger partial charge is 0.0691 e. The first kappa shape index (κ1) is 36.1. The summed E-state index contributed by atoms with van der Waals surface area (Å²) in [6.45, 7) is 7.62. The predicted octanol–water partition coefficient (Wildman–Crippen LogP) is 15.8. The van der Waals surface area contributed by atoms with Gasteiger partial charge in [0, 0.05) is 57.5 Å². The maximum atomic E-state index is 2.63. The Labute approximate surface area is 375 Å². The van der Waals surface area contributed by atoms with Gasteiger partial charge in [-0.15, -0.1) is 0 Å². The first-order valence-corrected chi connectivity index (χ1v) is 23.1. The van der Waals surface area contributed by atoms with Crippen molar-refractivity contribution in [2.24, 2.45) is 5.92 Å². The van der Waals surface area contributed by atoms with E-state index in [1.165, 1.54) is 83.5 Å². The third-order valence-corrected chi connectivity index (χ3v) is 15.9. The average molecular weight is 819 g/mol. The van der Waals surface area contributed by atoms with Gasteiger partial charge in [-0.3, -0.25) is 0 Å². The third-order valence-electron chi connectivity index (χ3n) is 15.9. The largest absolute Gasteiger partial charge is 0.313 e. The zero-order chi connectivity index (χ0) is 42.4. The summed E-state index contributed by atoms with van der Waals surface area (Å²) in [6.07, 6.45) is 0. The van der Waals surface area contributed by atoms with Gasteiger partial charge < -0.3 is 9.47 Å². The number of benzene rings is 8. The number of allylic oxidation sites excluding steroid dienone is 4. The van der Waals surface area contributed by atoms with E-state index < -0.39 is 5.41 Å². The summed E-state index contributed by atoms with van der Waals surface area (Å²) in [5.41, 5.74) is 26.9. The molecule has 1 aliphatic heterocycles. The standard InChI is InChI=1S/C62H46N2/c1-37-55-38(2)60-59(49-25-9-13-29-53(49)62(60)51-27-11-7-23-47(51)48-24-8-12-28-52(48)62)58-42-19-15-20-44(35-42)63(43-33-31-41(32-34-43)40-17-5-4-6-18-40)45-21-16-22-46(36-45)64-54-30-14-10-26-50(54)56(37)61(64)39(3)57(55)58/h4-39,58H,1-3H3. The minimum atomic E-state index is -0.403. The zero-order valence-corrected chi connectivity index (χ0v) is 36.3. The molecule has 0 amide bonds. The minimum absolute atomic E-state index is 0.0405. The van der Waals surface area contributed by atoms with Gasteiger partial charge >= 0.3 is 0 Å². The van der Waals surface area contributed by atoms with E-state index in [4.69, 9.17) is 0 Å². The summed E-state index contributed by atoms with van der Waals surface area (Å²) >= 11 is 0. The second-order valence-corrected chi connectivity index (χ2v) is 18.7. The lowest BCUT2D eigenvalue weighted by atomic mass is 9.56. The molecule has 6 bridgehead atoms. The Bertz CT molecular complexity index is 3460. The molecule has 0 saturated heterocycles. The van der Waals surface area contributed by atoms with Crippen LogP contribution in [0.4, 0.5) is 17.1 Å². The molecule has 4 atom stereocenters. The number of aromatic nitrogens is 1. The molecule has 2 nitrogen and oxygen atoms in total. The predicted molar refractivity (Wildman–Crippen MR) is 264 cm³/mol. The molecule has 1 spiro atoms. The fourth-order valence-corrected chi connectivity index (χ4v) is 13.7. The monoisotopic (exact) mass is 818 g/mol. The highest BCUT2D eigenvalue weighted by Crippen LogP contribution is 2.71. The van der Waals surface area contributed by atoms with Gasteiger partial charge in [0.15, 0.2) is 0 Å². The number of fused-ring (bicyclic) bond motifs is 19. The molecule has 0 N–H and O–H groups in total. The van der Waals surface area contributed by atoms with Crippen LogP contribution in [0.25, 0.3) is 44.4 Å². The number of hydrogen-bond donors (Lipinski definition) is 0. The first-order valence-electron chi connectivity index (χ1n) is 23.1. The second kappa shape index (κ2) is 13.1. The number of rotatable bonds is 2. The Balaban J connectivity index is 1.10. The number of anilines is 3. The SMILES string of the molecule is CC1C2=C3C(C)c4c(c5ccccc5n4-c4cccc(c4)N(c4ccc(-c5ccccc5)cc4)c4cccc(c4)C3C3=C1C1(c4ccccc43)c3ccccc3-c3ccccc31)C2C. The molecular weight excluding hydrogens is 773 g/mol. The van der Waals surface area contributed by atoms with Gasteiger partial charge in [0.1, 0.15) is 0 Å². The molecule has 0 saturated carbocycles. The molecule has 304 valence electrons. The first-order chi connectivity index (χ1) is 31.5. The highest BCUT2D eigenvalue weighted by atomic mass is 15.1. The minimum Gasteiger partial charge on any atom is -0.313 e. The van der Waals surface area contributed by atoms with Crippen molar-refractivity contribution in [2.45, 2.75) is 43.9 Å². The van der Waals surface area contributed by atoms with E-state index in [1.807, 2.05) is 0 Å². The average Bonchev–Trinajstić information content (AvgIpc) is 3.97. The maximum absolute atomic E-state index is 2.63. The summed E-state index contributed by atoms with van der Waals surface area (Å²) in [7, 11) is 0. The van der Waals surface area contributed by atoms with Crippen LogP contribution in [-0.2, 0) is 5.41 Å². The van der Waals surface area contributed by atoms with E-state index in [9.17, 15) is 0 Å². The van der Waals surface area contributed by atoms with Crippen molar-refractivity contribution in [1.82, 2.24) is 4.57 Å². The Hall–Kier alpha value is -7.42. The second-order valence-electron chi connectivity index (χ2n) is 18.7. The molecule has 14 rings (SSSR count). The molecule has 4 unspecified atom stereocenters. The molecule has 9 aromatic rings. The Morgan fingerprint density at radius 2 is 1.00 bits per heavy atom.